The van der Waals surface area contributed by atoms with Gasteiger partial charge in [0, 0.05) is 11.8 Å². The lowest BCUT2D eigenvalue weighted by Crippen LogP contribution is -2.01. The Balaban J connectivity index is 2.31. The van der Waals surface area contributed by atoms with Crippen LogP contribution in [0.2, 0.25) is 5.15 Å². The molecule has 0 atom stereocenters. The SMILES string of the molecule is Cc1ccc(Nc2cc(Cl)nc(N)n2)c(C)c1. The molecule has 2 rings (SSSR count). The molecule has 1 aromatic carbocycles. The van der Waals surface area contributed by atoms with E-state index in [0.717, 1.165) is 11.3 Å². The quantitative estimate of drug-likeness (QED) is 0.802. The summed E-state index contributed by atoms with van der Waals surface area (Å²) >= 11 is 5.81. The Kier molecular flexibility index (Phi) is 3.15. The zero-order valence-corrected chi connectivity index (χ0v) is 10.4. The number of aryl methyl sites for hydroxylation is 2. The van der Waals surface area contributed by atoms with Crippen LogP contribution in [-0.4, -0.2) is 9.97 Å². The fourth-order valence-electron chi connectivity index (χ4n) is 1.59. The topological polar surface area (TPSA) is 63.8 Å². The van der Waals surface area contributed by atoms with Gasteiger partial charge in [-0.05, 0) is 25.5 Å². The predicted octanol–water partition coefficient (Wildman–Crippen LogP) is 3.07. The van der Waals surface area contributed by atoms with Crippen LogP contribution in [0.4, 0.5) is 17.5 Å². The van der Waals surface area contributed by atoms with E-state index in [1.54, 1.807) is 6.07 Å². The number of rotatable bonds is 2. The molecule has 0 aliphatic heterocycles. The van der Waals surface area contributed by atoms with Gasteiger partial charge in [-0.2, -0.15) is 4.98 Å². The van der Waals surface area contributed by atoms with Crippen LogP contribution in [0.25, 0.3) is 0 Å². The molecular formula is C12H13ClN4. The number of aromatic nitrogens is 2. The third kappa shape index (κ3) is 2.85. The van der Waals surface area contributed by atoms with Crippen molar-refractivity contribution in [3.63, 3.8) is 0 Å². The molecule has 0 spiro atoms. The highest BCUT2D eigenvalue weighted by atomic mass is 35.5. The molecule has 4 nitrogen and oxygen atoms in total. The average molecular weight is 249 g/mol. The van der Waals surface area contributed by atoms with Gasteiger partial charge in [0.2, 0.25) is 5.95 Å². The molecule has 0 unspecified atom stereocenters. The maximum atomic E-state index is 5.81. The summed E-state index contributed by atoms with van der Waals surface area (Å²) in [5.41, 5.74) is 8.86. The van der Waals surface area contributed by atoms with E-state index in [2.05, 4.69) is 28.3 Å². The largest absolute Gasteiger partial charge is 0.368 e. The molecule has 0 aliphatic rings. The highest BCUT2D eigenvalue weighted by molar-refractivity contribution is 6.29. The molecule has 0 aliphatic carbocycles. The van der Waals surface area contributed by atoms with Gasteiger partial charge < -0.3 is 11.1 Å². The summed E-state index contributed by atoms with van der Waals surface area (Å²) < 4.78 is 0. The Morgan fingerprint density at radius 3 is 2.59 bits per heavy atom. The maximum absolute atomic E-state index is 5.81. The van der Waals surface area contributed by atoms with Crippen molar-refractivity contribution in [2.24, 2.45) is 0 Å². The number of nitrogen functional groups attached to an aromatic ring is 1. The van der Waals surface area contributed by atoms with Gasteiger partial charge in [0.25, 0.3) is 0 Å². The Morgan fingerprint density at radius 2 is 1.94 bits per heavy atom. The third-order valence-corrected chi connectivity index (χ3v) is 2.55. The first-order valence-corrected chi connectivity index (χ1v) is 5.57. The first-order valence-electron chi connectivity index (χ1n) is 5.19. The summed E-state index contributed by atoms with van der Waals surface area (Å²) in [4.78, 5) is 7.87. The summed E-state index contributed by atoms with van der Waals surface area (Å²) in [5, 5.41) is 3.49. The fraction of sp³-hybridized carbons (Fsp3) is 0.167. The van der Waals surface area contributed by atoms with Gasteiger partial charge in [-0.25, -0.2) is 4.98 Å². The molecule has 0 amide bonds. The van der Waals surface area contributed by atoms with E-state index in [9.17, 15) is 0 Å². The maximum Gasteiger partial charge on any atom is 0.223 e. The van der Waals surface area contributed by atoms with E-state index in [1.165, 1.54) is 5.56 Å². The monoisotopic (exact) mass is 248 g/mol. The standard InChI is InChI=1S/C12H13ClN4/c1-7-3-4-9(8(2)5-7)15-11-6-10(13)16-12(14)17-11/h3-6H,1-2H3,(H3,14,15,16,17). The smallest absolute Gasteiger partial charge is 0.223 e. The minimum absolute atomic E-state index is 0.157. The van der Waals surface area contributed by atoms with Gasteiger partial charge in [0.15, 0.2) is 0 Å². The molecular weight excluding hydrogens is 236 g/mol. The van der Waals surface area contributed by atoms with Gasteiger partial charge in [-0.1, -0.05) is 29.3 Å². The zero-order chi connectivity index (χ0) is 12.4. The molecule has 1 aromatic heterocycles. The Morgan fingerprint density at radius 1 is 1.18 bits per heavy atom. The van der Waals surface area contributed by atoms with Crippen molar-refractivity contribution in [3.05, 3.63) is 40.5 Å². The van der Waals surface area contributed by atoms with Gasteiger partial charge in [0.05, 0.1) is 0 Å². The molecule has 2 aromatic rings. The van der Waals surface area contributed by atoms with E-state index in [0.29, 0.717) is 11.0 Å². The summed E-state index contributed by atoms with van der Waals surface area (Å²) in [7, 11) is 0. The summed E-state index contributed by atoms with van der Waals surface area (Å²) in [6.45, 7) is 4.08. The Bertz CT molecular complexity index is 534. The van der Waals surface area contributed by atoms with Crippen molar-refractivity contribution in [3.8, 4) is 0 Å². The van der Waals surface area contributed by atoms with Crippen molar-refractivity contribution in [2.75, 3.05) is 11.1 Å². The lowest BCUT2D eigenvalue weighted by Gasteiger charge is -2.09. The molecule has 3 N–H and O–H groups in total. The number of nitrogens with zero attached hydrogens (tertiary/aromatic N) is 2. The molecule has 0 bridgehead atoms. The van der Waals surface area contributed by atoms with E-state index in [4.69, 9.17) is 17.3 Å². The van der Waals surface area contributed by atoms with Crippen molar-refractivity contribution in [1.29, 1.82) is 0 Å². The number of benzene rings is 1. The normalized spacial score (nSPS) is 10.3. The van der Waals surface area contributed by atoms with E-state index in [1.807, 2.05) is 19.1 Å². The molecule has 0 fully saturated rings. The molecule has 0 saturated heterocycles. The molecule has 0 saturated carbocycles. The number of hydrogen-bond donors (Lipinski definition) is 2. The van der Waals surface area contributed by atoms with Crippen molar-refractivity contribution in [2.45, 2.75) is 13.8 Å². The van der Waals surface area contributed by atoms with Crippen LogP contribution in [0.15, 0.2) is 24.3 Å². The summed E-state index contributed by atoms with van der Waals surface area (Å²) in [5.74, 6) is 0.749. The van der Waals surface area contributed by atoms with Gasteiger partial charge in [-0.15, -0.1) is 0 Å². The van der Waals surface area contributed by atoms with Crippen LogP contribution in [-0.2, 0) is 0 Å². The predicted molar refractivity (Wildman–Crippen MR) is 70.7 cm³/mol. The number of halogens is 1. The lowest BCUT2D eigenvalue weighted by molar-refractivity contribution is 1.18. The van der Waals surface area contributed by atoms with Crippen molar-refractivity contribution in [1.82, 2.24) is 9.97 Å². The van der Waals surface area contributed by atoms with Gasteiger partial charge >= 0.3 is 0 Å². The second kappa shape index (κ2) is 4.59. The second-order valence-corrected chi connectivity index (χ2v) is 4.26. The minimum atomic E-state index is 0.157. The van der Waals surface area contributed by atoms with Crippen LogP contribution in [0, 0.1) is 13.8 Å². The van der Waals surface area contributed by atoms with E-state index >= 15 is 0 Å². The molecule has 17 heavy (non-hydrogen) atoms. The number of nitrogens with two attached hydrogens (primary N) is 1. The first kappa shape index (κ1) is 11.7. The molecule has 0 radical (unpaired) electrons. The van der Waals surface area contributed by atoms with Crippen LogP contribution in [0.1, 0.15) is 11.1 Å². The van der Waals surface area contributed by atoms with Crippen LogP contribution in [0.5, 0.6) is 0 Å². The summed E-state index contributed by atoms with van der Waals surface area (Å²) in [6.07, 6.45) is 0. The third-order valence-electron chi connectivity index (χ3n) is 2.36. The number of anilines is 3. The Labute approximate surface area is 105 Å². The van der Waals surface area contributed by atoms with Gasteiger partial charge in [0.1, 0.15) is 11.0 Å². The second-order valence-electron chi connectivity index (χ2n) is 3.88. The fourth-order valence-corrected chi connectivity index (χ4v) is 1.78. The summed E-state index contributed by atoms with van der Waals surface area (Å²) in [6, 6.07) is 7.75. The van der Waals surface area contributed by atoms with Crippen LogP contribution < -0.4 is 11.1 Å². The van der Waals surface area contributed by atoms with E-state index < -0.39 is 0 Å². The molecule has 1 heterocycles. The van der Waals surface area contributed by atoms with Crippen molar-refractivity contribution < 1.29 is 0 Å². The molecule has 5 heteroatoms. The van der Waals surface area contributed by atoms with Crippen molar-refractivity contribution >= 4 is 29.1 Å². The van der Waals surface area contributed by atoms with Gasteiger partial charge in [-0.3, -0.25) is 0 Å². The Hall–Kier alpha value is -1.81. The van der Waals surface area contributed by atoms with E-state index in [-0.39, 0.29) is 5.95 Å². The molecule has 88 valence electrons. The highest BCUT2D eigenvalue weighted by Crippen LogP contribution is 2.22. The zero-order valence-electron chi connectivity index (χ0n) is 9.66. The number of hydrogen-bond acceptors (Lipinski definition) is 4. The lowest BCUT2D eigenvalue weighted by atomic mass is 10.1. The first-order chi connectivity index (χ1) is 8.04. The number of nitrogens with one attached hydrogen (secondary N) is 1. The minimum Gasteiger partial charge on any atom is -0.368 e. The van der Waals surface area contributed by atoms with Crippen LogP contribution in [0.3, 0.4) is 0 Å². The van der Waals surface area contributed by atoms with Crippen LogP contribution >= 0.6 is 11.6 Å². The highest BCUT2D eigenvalue weighted by Gasteiger charge is 2.03. The average Bonchev–Trinajstić information content (AvgIpc) is 2.21.